The average Bonchev–Trinajstić information content (AvgIpc) is 3.02. The van der Waals surface area contributed by atoms with Crippen LogP contribution in [0.5, 0.6) is 0 Å². The first-order valence-corrected chi connectivity index (χ1v) is 11.6. The molecule has 0 radical (unpaired) electrons. The van der Waals surface area contributed by atoms with Crippen LogP contribution in [0.4, 0.5) is 0 Å². The maximum Gasteiger partial charge on any atom is 0.253 e. The number of halogens is 1. The van der Waals surface area contributed by atoms with Gasteiger partial charge in [-0.05, 0) is 50.5 Å². The van der Waals surface area contributed by atoms with Crippen molar-refractivity contribution in [3.63, 3.8) is 0 Å². The molecule has 0 aliphatic carbocycles. The van der Waals surface area contributed by atoms with E-state index in [2.05, 4.69) is 0 Å². The molecule has 2 amide bonds. The number of hydrogen-bond acceptors (Lipinski definition) is 4. The Morgan fingerprint density at radius 2 is 1.78 bits per heavy atom. The summed E-state index contributed by atoms with van der Waals surface area (Å²) in [5, 5.41) is 0.587. The van der Waals surface area contributed by atoms with E-state index in [1.807, 2.05) is 6.92 Å². The number of carbonyl (C=O) groups is 2. The van der Waals surface area contributed by atoms with Gasteiger partial charge in [-0.1, -0.05) is 11.6 Å². The number of piperidine rings is 1. The van der Waals surface area contributed by atoms with Crippen molar-refractivity contribution < 1.29 is 18.0 Å². The number of likely N-dealkylation sites (tertiary alicyclic amines) is 1. The topological polar surface area (TPSA) is 74.8 Å². The third-order valence-corrected chi connectivity index (χ3v) is 7.50. The van der Waals surface area contributed by atoms with Crippen molar-refractivity contribution in [3.8, 4) is 0 Å². The average molecular weight is 413 g/mol. The number of sulfone groups is 1. The van der Waals surface area contributed by atoms with Crippen molar-refractivity contribution in [2.45, 2.75) is 32.2 Å². The van der Waals surface area contributed by atoms with Gasteiger partial charge < -0.3 is 9.80 Å². The van der Waals surface area contributed by atoms with Crippen molar-refractivity contribution in [1.29, 1.82) is 0 Å². The minimum atomic E-state index is -3.02. The lowest BCUT2D eigenvalue weighted by atomic mass is 9.94. The SMILES string of the molecule is CCN(C(=O)C1CCN(C(=O)c2ccc(Cl)cc2)CC1)C1CCS(=O)(=O)C1. The highest BCUT2D eigenvalue weighted by molar-refractivity contribution is 7.91. The van der Waals surface area contributed by atoms with E-state index in [1.54, 1.807) is 34.1 Å². The zero-order valence-corrected chi connectivity index (χ0v) is 17.0. The third-order valence-electron chi connectivity index (χ3n) is 5.50. The van der Waals surface area contributed by atoms with Crippen LogP contribution in [0.15, 0.2) is 24.3 Å². The highest BCUT2D eigenvalue weighted by Gasteiger charge is 2.37. The van der Waals surface area contributed by atoms with Crippen LogP contribution in [0.3, 0.4) is 0 Å². The predicted octanol–water partition coefficient (Wildman–Crippen LogP) is 2.23. The Bertz CT molecular complexity index is 802. The molecule has 2 fully saturated rings. The van der Waals surface area contributed by atoms with Gasteiger partial charge in [-0.25, -0.2) is 8.42 Å². The Labute approximate surface area is 165 Å². The van der Waals surface area contributed by atoms with Gasteiger partial charge in [-0.15, -0.1) is 0 Å². The second kappa shape index (κ2) is 8.19. The molecule has 2 aliphatic heterocycles. The molecule has 2 heterocycles. The summed E-state index contributed by atoms with van der Waals surface area (Å²) in [6.07, 6.45) is 1.73. The third kappa shape index (κ3) is 4.63. The van der Waals surface area contributed by atoms with Crippen molar-refractivity contribution >= 4 is 33.3 Å². The lowest BCUT2D eigenvalue weighted by Gasteiger charge is -2.36. The molecular formula is C19H25ClN2O4S. The molecule has 27 heavy (non-hydrogen) atoms. The Morgan fingerprint density at radius 3 is 2.30 bits per heavy atom. The first kappa shape index (κ1) is 20.1. The van der Waals surface area contributed by atoms with Crippen LogP contribution in [0.25, 0.3) is 0 Å². The fourth-order valence-corrected chi connectivity index (χ4v) is 5.81. The van der Waals surface area contributed by atoms with Gasteiger partial charge in [-0.2, -0.15) is 0 Å². The summed E-state index contributed by atoms with van der Waals surface area (Å²) in [4.78, 5) is 29.0. The number of rotatable bonds is 4. The summed E-state index contributed by atoms with van der Waals surface area (Å²) in [6, 6.07) is 6.60. The quantitative estimate of drug-likeness (QED) is 0.760. The summed E-state index contributed by atoms with van der Waals surface area (Å²) in [5.74, 6) is 0.0585. The highest BCUT2D eigenvalue weighted by atomic mass is 35.5. The molecule has 0 saturated carbocycles. The normalized spacial score (nSPS) is 22.6. The van der Waals surface area contributed by atoms with Gasteiger partial charge in [0.1, 0.15) is 0 Å². The Kier molecular flexibility index (Phi) is 6.11. The lowest BCUT2D eigenvalue weighted by Crippen LogP contribution is -2.48. The van der Waals surface area contributed by atoms with Gasteiger partial charge in [0.25, 0.3) is 5.91 Å². The van der Waals surface area contributed by atoms with E-state index in [0.717, 1.165) is 0 Å². The summed E-state index contributed by atoms with van der Waals surface area (Å²) >= 11 is 5.87. The molecule has 6 nitrogen and oxygen atoms in total. The van der Waals surface area contributed by atoms with Crippen LogP contribution in [0, 0.1) is 5.92 Å². The molecule has 0 aromatic heterocycles. The molecule has 0 N–H and O–H groups in total. The number of hydrogen-bond donors (Lipinski definition) is 0. The van der Waals surface area contributed by atoms with E-state index in [0.29, 0.717) is 49.5 Å². The molecule has 0 bridgehead atoms. The van der Waals surface area contributed by atoms with E-state index in [4.69, 9.17) is 11.6 Å². The van der Waals surface area contributed by atoms with Gasteiger partial charge >= 0.3 is 0 Å². The smallest absolute Gasteiger partial charge is 0.253 e. The maximum atomic E-state index is 12.9. The standard InChI is InChI=1S/C19H25ClN2O4S/c1-2-22(17-9-12-27(25,26)13-17)19(24)15-7-10-21(11-8-15)18(23)14-3-5-16(20)6-4-14/h3-6,15,17H,2,7-13H2,1H3. The zero-order chi connectivity index (χ0) is 19.6. The van der Waals surface area contributed by atoms with Crippen molar-refractivity contribution in [3.05, 3.63) is 34.9 Å². The molecule has 2 saturated heterocycles. The molecule has 3 rings (SSSR count). The van der Waals surface area contributed by atoms with Crippen molar-refractivity contribution in [2.75, 3.05) is 31.1 Å². The van der Waals surface area contributed by atoms with E-state index in [1.165, 1.54) is 0 Å². The van der Waals surface area contributed by atoms with Crippen molar-refractivity contribution in [1.82, 2.24) is 9.80 Å². The second-order valence-corrected chi connectivity index (χ2v) is 9.92. The fraction of sp³-hybridized carbons (Fsp3) is 0.579. The van der Waals surface area contributed by atoms with Gasteiger partial charge in [0.2, 0.25) is 5.91 Å². The number of carbonyl (C=O) groups excluding carboxylic acids is 2. The van der Waals surface area contributed by atoms with Crippen molar-refractivity contribution in [2.24, 2.45) is 5.92 Å². The van der Waals surface area contributed by atoms with E-state index in [-0.39, 0.29) is 35.3 Å². The molecule has 148 valence electrons. The van der Waals surface area contributed by atoms with E-state index < -0.39 is 9.84 Å². The number of nitrogens with zero attached hydrogens (tertiary/aromatic N) is 2. The largest absolute Gasteiger partial charge is 0.339 e. The predicted molar refractivity (Wildman–Crippen MR) is 105 cm³/mol. The van der Waals surface area contributed by atoms with Crippen LogP contribution >= 0.6 is 11.6 Å². The van der Waals surface area contributed by atoms with Gasteiger partial charge in [0.05, 0.1) is 11.5 Å². The molecular weight excluding hydrogens is 388 g/mol. The molecule has 0 spiro atoms. The monoisotopic (exact) mass is 412 g/mol. The molecule has 1 aromatic carbocycles. The number of amides is 2. The van der Waals surface area contributed by atoms with E-state index >= 15 is 0 Å². The first-order valence-electron chi connectivity index (χ1n) is 9.36. The highest BCUT2D eigenvalue weighted by Crippen LogP contribution is 2.25. The zero-order valence-electron chi connectivity index (χ0n) is 15.4. The molecule has 8 heteroatoms. The van der Waals surface area contributed by atoms with E-state index in [9.17, 15) is 18.0 Å². The first-order chi connectivity index (χ1) is 12.8. The minimum Gasteiger partial charge on any atom is -0.339 e. The van der Waals surface area contributed by atoms with Crippen LogP contribution in [-0.4, -0.2) is 67.2 Å². The molecule has 1 unspecified atom stereocenters. The number of benzene rings is 1. The van der Waals surface area contributed by atoms with Crippen LogP contribution in [-0.2, 0) is 14.6 Å². The van der Waals surface area contributed by atoms with Gasteiger partial charge in [0, 0.05) is 42.2 Å². The summed E-state index contributed by atoms with van der Waals surface area (Å²) in [7, 11) is -3.02. The Hall–Kier alpha value is -1.60. The molecule has 1 atom stereocenters. The molecule has 2 aliphatic rings. The lowest BCUT2D eigenvalue weighted by molar-refractivity contribution is -0.138. The summed E-state index contributed by atoms with van der Waals surface area (Å²) < 4.78 is 23.5. The summed E-state index contributed by atoms with van der Waals surface area (Å²) in [5.41, 5.74) is 0.593. The van der Waals surface area contributed by atoms with Crippen LogP contribution in [0.1, 0.15) is 36.5 Å². The minimum absolute atomic E-state index is 0.0261. The fourth-order valence-electron chi connectivity index (χ4n) is 3.95. The Morgan fingerprint density at radius 1 is 1.15 bits per heavy atom. The second-order valence-electron chi connectivity index (χ2n) is 7.25. The Balaban J connectivity index is 1.58. The molecule has 1 aromatic rings. The van der Waals surface area contributed by atoms with Crippen LogP contribution < -0.4 is 0 Å². The maximum absolute atomic E-state index is 12.9. The summed E-state index contributed by atoms with van der Waals surface area (Å²) in [6.45, 7) is 3.46. The van der Waals surface area contributed by atoms with Crippen LogP contribution in [0.2, 0.25) is 5.02 Å². The van der Waals surface area contributed by atoms with Gasteiger partial charge in [-0.3, -0.25) is 9.59 Å². The van der Waals surface area contributed by atoms with Gasteiger partial charge in [0.15, 0.2) is 9.84 Å².